The number of carbonyl (C=O) groups excluding carboxylic acids is 1. The van der Waals surface area contributed by atoms with Crippen LogP contribution < -0.4 is 19.5 Å². The normalized spacial score (nSPS) is 15.3. The summed E-state index contributed by atoms with van der Waals surface area (Å²) in [4.78, 5) is 12.3. The molecule has 1 N–H and O–H groups in total. The van der Waals surface area contributed by atoms with Crippen molar-refractivity contribution in [2.24, 2.45) is 0 Å². The Kier molecular flexibility index (Phi) is 4.14. The van der Waals surface area contributed by atoms with Crippen LogP contribution in [0.15, 0.2) is 52.9 Å². The zero-order valence-electron chi connectivity index (χ0n) is 13.8. The Morgan fingerprint density at radius 2 is 2.00 bits per heavy atom. The molecule has 2 heterocycles. The zero-order chi connectivity index (χ0) is 17.9. The van der Waals surface area contributed by atoms with E-state index in [0.29, 0.717) is 22.8 Å². The van der Waals surface area contributed by atoms with Gasteiger partial charge in [0, 0.05) is 5.56 Å². The van der Waals surface area contributed by atoms with Gasteiger partial charge in [-0.2, -0.15) is 0 Å². The number of nitrogens with zero attached hydrogens (tertiary/aromatic N) is 2. The Morgan fingerprint density at radius 3 is 2.85 bits per heavy atom. The van der Waals surface area contributed by atoms with E-state index in [2.05, 4.69) is 15.5 Å². The largest absolute Gasteiger partial charge is 0.497 e. The fourth-order valence-corrected chi connectivity index (χ4v) is 2.49. The summed E-state index contributed by atoms with van der Waals surface area (Å²) in [5.41, 5.74) is 0.412. The van der Waals surface area contributed by atoms with Crippen LogP contribution in [0.5, 0.6) is 17.2 Å². The quantitative estimate of drug-likeness (QED) is 0.770. The topological polar surface area (TPSA) is 95.7 Å². The van der Waals surface area contributed by atoms with Gasteiger partial charge >= 0.3 is 6.01 Å². The van der Waals surface area contributed by atoms with Crippen molar-refractivity contribution in [1.29, 1.82) is 0 Å². The molecule has 1 aliphatic heterocycles. The molecule has 1 aromatic heterocycles. The van der Waals surface area contributed by atoms with E-state index in [1.165, 1.54) is 7.11 Å². The highest BCUT2D eigenvalue weighted by atomic mass is 16.6. The number of anilines is 1. The summed E-state index contributed by atoms with van der Waals surface area (Å²) in [6, 6.07) is 14.0. The molecule has 1 atom stereocenters. The summed E-state index contributed by atoms with van der Waals surface area (Å²) in [5.74, 6) is 1.68. The number of ether oxygens (including phenoxy) is 3. The summed E-state index contributed by atoms with van der Waals surface area (Å²) in [6.07, 6.45) is -0.542. The molecule has 2 aromatic carbocycles. The monoisotopic (exact) mass is 353 g/mol. The minimum atomic E-state index is -0.542. The predicted octanol–water partition coefficient (Wildman–Crippen LogP) is 2.84. The minimum Gasteiger partial charge on any atom is -0.497 e. The van der Waals surface area contributed by atoms with E-state index < -0.39 is 6.10 Å². The summed E-state index contributed by atoms with van der Waals surface area (Å²) in [6.45, 7) is 0.239. The van der Waals surface area contributed by atoms with Crippen LogP contribution in [0.25, 0.3) is 0 Å². The first kappa shape index (κ1) is 15.9. The van der Waals surface area contributed by atoms with Gasteiger partial charge in [-0.3, -0.25) is 10.1 Å². The van der Waals surface area contributed by atoms with Crippen LogP contribution in [-0.4, -0.2) is 29.8 Å². The van der Waals surface area contributed by atoms with Crippen LogP contribution in [0.4, 0.5) is 6.01 Å². The van der Waals surface area contributed by atoms with Gasteiger partial charge in [-0.25, -0.2) is 0 Å². The number of rotatable bonds is 4. The van der Waals surface area contributed by atoms with Crippen LogP contribution >= 0.6 is 0 Å². The van der Waals surface area contributed by atoms with E-state index in [1.54, 1.807) is 30.3 Å². The molecule has 0 fully saturated rings. The van der Waals surface area contributed by atoms with Crippen LogP contribution in [0.3, 0.4) is 0 Å². The van der Waals surface area contributed by atoms with Crippen molar-refractivity contribution in [1.82, 2.24) is 10.2 Å². The predicted molar refractivity (Wildman–Crippen MR) is 90.6 cm³/mol. The molecule has 8 nitrogen and oxygen atoms in total. The lowest BCUT2D eigenvalue weighted by Crippen LogP contribution is -2.21. The van der Waals surface area contributed by atoms with Gasteiger partial charge in [-0.05, 0) is 30.3 Å². The molecule has 0 saturated carbocycles. The first-order chi connectivity index (χ1) is 12.7. The molecule has 0 bridgehead atoms. The Morgan fingerprint density at radius 1 is 1.15 bits per heavy atom. The number of amides is 1. The van der Waals surface area contributed by atoms with Crippen LogP contribution in [0, 0.1) is 0 Å². The van der Waals surface area contributed by atoms with E-state index in [1.807, 2.05) is 18.2 Å². The highest BCUT2D eigenvalue weighted by molar-refractivity contribution is 6.03. The number of nitrogens with one attached hydrogen (secondary N) is 1. The maximum atomic E-state index is 12.3. The highest BCUT2D eigenvalue weighted by Gasteiger charge is 2.27. The fourth-order valence-electron chi connectivity index (χ4n) is 2.49. The van der Waals surface area contributed by atoms with Crippen molar-refractivity contribution in [2.75, 3.05) is 19.0 Å². The van der Waals surface area contributed by atoms with Gasteiger partial charge in [0.15, 0.2) is 11.5 Å². The Hall–Kier alpha value is -3.55. The molecule has 0 spiro atoms. The average Bonchev–Trinajstić information content (AvgIpc) is 3.16. The standard InChI is InChI=1S/C18H15N3O5/c1-23-12-6-4-5-11(9-12)16(22)19-18-21-20-17(26-18)15-10-24-13-7-2-3-8-14(13)25-15/h2-9,15H,10H2,1H3,(H,19,21,22)/t15-/m1/s1. The van der Waals surface area contributed by atoms with Crippen molar-refractivity contribution in [3.63, 3.8) is 0 Å². The molecule has 1 aliphatic rings. The second kappa shape index (κ2) is 6.75. The fraction of sp³-hybridized carbons (Fsp3) is 0.167. The third-order valence-electron chi connectivity index (χ3n) is 3.78. The number of benzene rings is 2. The number of hydrogen-bond acceptors (Lipinski definition) is 7. The first-order valence-electron chi connectivity index (χ1n) is 7.90. The van der Waals surface area contributed by atoms with Crippen molar-refractivity contribution in [3.8, 4) is 17.2 Å². The lowest BCUT2D eigenvalue weighted by Gasteiger charge is -2.23. The van der Waals surface area contributed by atoms with E-state index in [-0.39, 0.29) is 24.4 Å². The van der Waals surface area contributed by atoms with Gasteiger partial charge in [0.05, 0.1) is 7.11 Å². The van der Waals surface area contributed by atoms with E-state index in [4.69, 9.17) is 18.6 Å². The number of hydrogen-bond donors (Lipinski definition) is 1. The van der Waals surface area contributed by atoms with Gasteiger partial charge < -0.3 is 18.6 Å². The van der Waals surface area contributed by atoms with Gasteiger partial charge in [0.1, 0.15) is 12.4 Å². The van der Waals surface area contributed by atoms with Gasteiger partial charge in [-0.15, -0.1) is 5.10 Å². The Labute approximate surface area is 148 Å². The molecular weight excluding hydrogens is 338 g/mol. The molecule has 0 aliphatic carbocycles. The zero-order valence-corrected chi connectivity index (χ0v) is 13.8. The number of fused-ring (bicyclic) bond motifs is 1. The highest BCUT2D eigenvalue weighted by Crippen LogP contribution is 2.35. The maximum absolute atomic E-state index is 12.3. The number of carbonyl (C=O) groups is 1. The molecule has 26 heavy (non-hydrogen) atoms. The maximum Gasteiger partial charge on any atom is 0.322 e. The molecule has 0 unspecified atom stereocenters. The van der Waals surface area contributed by atoms with E-state index >= 15 is 0 Å². The lowest BCUT2D eigenvalue weighted by molar-refractivity contribution is 0.0716. The smallest absolute Gasteiger partial charge is 0.322 e. The summed E-state index contributed by atoms with van der Waals surface area (Å²) >= 11 is 0. The molecule has 0 saturated heterocycles. The molecule has 3 aromatic rings. The van der Waals surface area contributed by atoms with E-state index in [9.17, 15) is 4.79 Å². The molecule has 132 valence electrons. The Bertz CT molecular complexity index is 940. The molecule has 0 radical (unpaired) electrons. The van der Waals surface area contributed by atoms with Crippen LogP contribution in [-0.2, 0) is 0 Å². The summed E-state index contributed by atoms with van der Waals surface area (Å²) in [7, 11) is 1.53. The van der Waals surface area contributed by atoms with Crippen LogP contribution in [0.2, 0.25) is 0 Å². The Balaban J connectivity index is 1.46. The van der Waals surface area contributed by atoms with Crippen LogP contribution in [0.1, 0.15) is 22.4 Å². The number of aromatic nitrogens is 2. The number of para-hydroxylation sites is 2. The molecular formula is C18H15N3O5. The van der Waals surface area contributed by atoms with Gasteiger partial charge in [-0.1, -0.05) is 23.3 Å². The van der Waals surface area contributed by atoms with Crippen molar-refractivity contribution >= 4 is 11.9 Å². The van der Waals surface area contributed by atoms with Gasteiger partial charge in [0.2, 0.25) is 6.10 Å². The summed E-state index contributed by atoms with van der Waals surface area (Å²) in [5, 5.41) is 10.3. The lowest BCUT2D eigenvalue weighted by atomic mass is 10.2. The second-order valence-corrected chi connectivity index (χ2v) is 5.50. The van der Waals surface area contributed by atoms with Crippen molar-refractivity contribution in [3.05, 3.63) is 60.0 Å². The van der Waals surface area contributed by atoms with Gasteiger partial charge in [0.25, 0.3) is 11.8 Å². The third kappa shape index (κ3) is 3.16. The van der Waals surface area contributed by atoms with E-state index in [0.717, 1.165) is 0 Å². The number of methoxy groups -OCH3 is 1. The first-order valence-corrected chi connectivity index (χ1v) is 7.90. The summed E-state index contributed by atoms with van der Waals surface area (Å²) < 4.78 is 22.0. The molecule has 1 amide bonds. The SMILES string of the molecule is COc1cccc(C(=O)Nc2nnc([C@H]3COc4ccccc4O3)o2)c1. The average molecular weight is 353 g/mol. The molecule has 4 rings (SSSR count). The van der Waals surface area contributed by atoms with Crippen molar-refractivity contribution < 1.29 is 23.4 Å². The third-order valence-corrected chi connectivity index (χ3v) is 3.78. The molecule has 8 heteroatoms. The minimum absolute atomic E-state index is 0.0183. The van der Waals surface area contributed by atoms with Crippen molar-refractivity contribution in [2.45, 2.75) is 6.10 Å². The second-order valence-electron chi connectivity index (χ2n) is 5.50.